The predicted octanol–water partition coefficient (Wildman–Crippen LogP) is 2.50. The largest absolute Gasteiger partial charge is 0.464 e. The molecule has 7 heteroatoms. The van der Waals surface area contributed by atoms with Crippen LogP contribution in [0.25, 0.3) is 11.2 Å². The number of hydrogen-bond donors (Lipinski definition) is 2. The molecule has 2 atom stereocenters. The van der Waals surface area contributed by atoms with Crippen LogP contribution in [0.3, 0.4) is 0 Å². The van der Waals surface area contributed by atoms with Gasteiger partial charge < -0.3 is 15.0 Å². The lowest BCUT2D eigenvalue weighted by molar-refractivity contribution is -0.141. The van der Waals surface area contributed by atoms with Gasteiger partial charge in [0, 0.05) is 6.92 Å². The molecule has 0 aliphatic heterocycles. The fourth-order valence-electron chi connectivity index (χ4n) is 3.62. The summed E-state index contributed by atoms with van der Waals surface area (Å²) < 4.78 is 5.34. The minimum Gasteiger partial charge on any atom is -0.464 e. The second-order valence-electron chi connectivity index (χ2n) is 6.65. The second kappa shape index (κ2) is 7.11. The molecule has 134 valence electrons. The molecule has 0 radical (unpaired) electrons. The summed E-state index contributed by atoms with van der Waals surface area (Å²) in [5.74, 6) is 0.753. The van der Waals surface area contributed by atoms with Gasteiger partial charge in [-0.1, -0.05) is 24.3 Å². The quantitative estimate of drug-likeness (QED) is 0.686. The van der Waals surface area contributed by atoms with Crippen molar-refractivity contribution in [1.29, 1.82) is 0 Å². The third-order valence-corrected chi connectivity index (χ3v) is 4.97. The van der Waals surface area contributed by atoms with Crippen LogP contribution in [0, 0.1) is 5.92 Å². The summed E-state index contributed by atoms with van der Waals surface area (Å²) in [5, 5.41) is 3.46. The maximum atomic E-state index is 11.4. The zero-order valence-electron chi connectivity index (χ0n) is 14.6. The van der Waals surface area contributed by atoms with Gasteiger partial charge in [0.15, 0.2) is 11.5 Å². The average molecular weight is 351 g/mol. The number of aryl methyl sites for hydroxylation is 1. The Hall–Kier alpha value is -2.96. The number of nitrogens with zero attached hydrogens (tertiary/aromatic N) is 3. The fraction of sp³-hybridized carbons (Fsp3) is 0.368. The summed E-state index contributed by atoms with van der Waals surface area (Å²) in [6, 6.07) is 8.51. The topological polar surface area (TPSA) is 92.8 Å². The van der Waals surface area contributed by atoms with Crippen LogP contribution in [0.15, 0.2) is 36.9 Å². The van der Waals surface area contributed by atoms with E-state index in [1.165, 1.54) is 24.4 Å². The normalized spacial score (nSPS) is 17.5. The molecule has 7 nitrogen and oxygen atoms in total. The molecule has 4 rings (SSSR count). The highest BCUT2D eigenvalue weighted by Gasteiger charge is 2.28. The predicted molar refractivity (Wildman–Crippen MR) is 97.7 cm³/mol. The number of carbonyl (C=O) groups excluding carboxylic acids is 1. The molecule has 0 bridgehead atoms. The number of nitrogens with one attached hydrogen (secondary N) is 2. The lowest BCUT2D eigenvalue weighted by Gasteiger charge is -2.32. The van der Waals surface area contributed by atoms with Crippen LogP contribution in [-0.4, -0.2) is 38.6 Å². The maximum absolute atomic E-state index is 11.4. The van der Waals surface area contributed by atoms with Crippen molar-refractivity contribution >= 4 is 23.0 Å². The SMILES string of the molecule is CC(=O)OCC(Nc1ncnc2nc[nH]c12)C1CCc2ccccc2C1. The van der Waals surface area contributed by atoms with E-state index >= 15 is 0 Å². The Bertz CT molecular complexity index is 923. The van der Waals surface area contributed by atoms with Crippen molar-refractivity contribution in [2.24, 2.45) is 5.92 Å². The smallest absolute Gasteiger partial charge is 0.302 e. The summed E-state index contributed by atoms with van der Waals surface area (Å²) in [7, 11) is 0. The Morgan fingerprint density at radius 1 is 1.31 bits per heavy atom. The maximum Gasteiger partial charge on any atom is 0.302 e. The number of fused-ring (bicyclic) bond motifs is 2. The highest BCUT2D eigenvalue weighted by molar-refractivity contribution is 5.82. The number of anilines is 1. The molecule has 0 saturated heterocycles. The summed E-state index contributed by atoms with van der Waals surface area (Å²) in [6.07, 6.45) is 6.11. The van der Waals surface area contributed by atoms with Gasteiger partial charge in [-0.05, 0) is 36.3 Å². The number of hydrogen-bond acceptors (Lipinski definition) is 6. The van der Waals surface area contributed by atoms with Gasteiger partial charge in [-0.2, -0.15) is 0 Å². The summed E-state index contributed by atoms with van der Waals surface area (Å²) >= 11 is 0. The third kappa shape index (κ3) is 3.37. The Morgan fingerprint density at radius 3 is 3.00 bits per heavy atom. The molecule has 2 aromatic heterocycles. The lowest BCUT2D eigenvalue weighted by Crippen LogP contribution is -2.38. The first kappa shape index (κ1) is 16.5. The number of carbonyl (C=O) groups is 1. The molecular formula is C19H21N5O2. The van der Waals surface area contributed by atoms with Crippen LogP contribution in [0.2, 0.25) is 0 Å². The third-order valence-electron chi connectivity index (χ3n) is 4.97. The van der Waals surface area contributed by atoms with Crippen molar-refractivity contribution in [2.75, 3.05) is 11.9 Å². The monoisotopic (exact) mass is 351 g/mol. The lowest BCUT2D eigenvalue weighted by atomic mass is 9.80. The minimum absolute atomic E-state index is 0.0337. The van der Waals surface area contributed by atoms with Gasteiger partial charge in [-0.3, -0.25) is 4.79 Å². The number of ether oxygens (including phenoxy) is 1. The van der Waals surface area contributed by atoms with Gasteiger partial charge in [0.2, 0.25) is 0 Å². The standard InChI is InChI=1S/C19H21N5O2/c1-12(25)26-9-16(15-7-6-13-4-2-3-5-14(13)8-15)24-19-17-18(21-10-20-17)22-11-23-19/h2-5,10-11,15-16H,6-9H2,1H3,(H2,20,21,22,23,24). The van der Waals surface area contributed by atoms with Crippen molar-refractivity contribution in [2.45, 2.75) is 32.2 Å². The highest BCUT2D eigenvalue weighted by Crippen LogP contribution is 2.29. The van der Waals surface area contributed by atoms with E-state index in [4.69, 9.17) is 4.74 Å². The van der Waals surface area contributed by atoms with Crippen LogP contribution in [0.4, 0.5) is 5.82 Å². The molecule has 0 amide bonds. The number of rotatable bonds is 5. The van der Waals surface area contributed by atoms with Gasteiger partial charge >= 0.3 is 5.97 Å². The number of aromatic amines is 1. The molecule has 1 aliphatic carbocycles. The molecule has 1 aliphatic rings. The Labute approximate surface area is 151 Å². The zero-order chi connectivity index (χ0) is 17.9. The van der Waals surface area contributed by atoms with Crippen molar-refractivity contribution in [3.63, 3.8) is 0 Å². The first-order valence-corrected chi connectivity index (χ1v) is 8.81. The molecule has 26 heavy (non-hydrogen) atoms. The van der Waals surface area contributed by atoms with Crippen LogP contribution < -0.4 is 5.32 Å². The minimum atomic E-state index is -0.276. The molecule has 0 spiro atoms. The van der Waals surface area contributed by atoms with E-state index in [0.717, 1.165) is 24.8 Å². The van der Waals surface area contributed by atoms with E-state index in [2.05, 4.69) is 49.5 Å². The second-order valence-corrected chi connectivity index (χ2v) is 6.65. The number of H-pyrrole nitrogens is 1. The Balaban J connectivity index is 1.58. The first-order chi connectivity index (χ1) is 12.7. The molecule has 0 fully saturated rings. The van der Waals surface area contributed by atoms with E-state index < -0.39 is 0 Å². The number of aromatic nitrogens is 4. The number of imidazole rings is 1. The average Bonchev–Trinajstić information content (AvgIpc) is 3.14. The number of esters is 1. The van der Waals surface area contributed by atoms with Crippen LogP contribution in [-0.2, 0) is 22.4 Å². The molecule has 2 N–H and O–H groups in total. The van der Waals surface area contributed by atoms with E-state index in [-0.39, 0.29) is 12.0 Å². The van der Waals surface area contributed by atoms with E-state index in [1.807, 2.05) is 0 Å². The van der Waals surface area contributed by atoms with E-state index in [0.29, 0.717) is 24.0 Å². The molecule has 1 aromatic carbocycles. The van der Waals surface area contributed by atoms with Gasteiger partial charge in [0.1, 0.15) is 18.5 Å². The fourth-order valence-corrected chi connectivity index (χ4v) is 3.62. The van der Waals surface area contributed by atoms with Gasteiger partial charge in [0.25, 0.3) is 0 Å². The van der Waals surface area contributed by atoms with Crippen LogP contribution >= 0.6 is 0 Å². The Morgan fingerprint density at radius 2 is 2.15 bits per heavy atom. The van der Waals surface area contributed by atoms with Gasteiger partial charge in [0.05, 0.1) is 12.4 Å². The van der Waals surface area contributed by atoms with Crippen LogP contribution in [0.5, 0.6) is 0 Å². The van der Waals surface area contributed by atoms with Crippen molar-refractivity contribution in [1.82, 2.24) is 19.9 Å². The first-order valence-electron chi connectivity index (χ1n) is 8.81. The molecule has 2 unspecified atom stereocenters. The van der Waals surface area contributed by atoms with Crippen molar-refractivity contribution < 1.29 is 9.53 Å². The number of benzene rings is 1. The highest BCUT2D eigenvalue weighted by atomic mass is 16.5. The van der Waals surface area contributed by atoms with E-state index in [1.54, 1.807) is 6.33 Å². The van der Waals surface area contributed by atoms with Gasteiger partial charge in [-0.25, -0.2) is 15.0 Å². The molecule has 2 heterocycles. The molecule has 3 aromatic rings. The van der Waals surface area contributed by atoms with E-state index in [9.17, 15) is 4.79 Å². The van der Waals surface area contributed by atoms with Gasteiger partial charge in [-0.15, -0.1) is 0 Å². The zero-order valence-corrected chi connectivity index (χ0v) is 14.6. The van der Waals surface area contributed by atoms with Crippen LogP contribution in [0.1, 0.15) is 24.5 Å². The van der Waals surface area contributed by atoms with Crippen molar-refractivity contribution in [3.05, 3.63) is 48.0 Å². The molecular weight excluding hydrogens is 330 g/mol. The summed E-state index contributed by atoms with van der Waals surface area (Å²) in [5.41, 5.74) is 4.15. The summed E-state index contributed by atoms with van der Waals surface area (Å²) in [4.78, 5) is 27.1. The van der Waals surface area contributed by atoms with Crippen molar-refractivity contribution in [3.8, 4) is 0 Å². The molecule has 0 saturated carbocycles. The Kier molecular flexibility index (Phi) is 4.51. The summed E-state index contributed by atoms with van der Waals surface area (Å²) in [6.45, 7) is 1.74.